The zero-order valence-corrected chi connectivity index (χ0v) is 14.3. The maximum atomic E-state index is 13.9. The Morgan fingerprint density at radius 3 is 2.67 bits per heavy atom. The van der Waals surface area contributed by atoms with Crippen LogP contribution in [0.25, 0.3) is 0 Å². The third-order valence-corrected chi connectivity index (χ3v) is 3.79. The maximum absolute atomic E-state index is 13.9. The minimum atomic E-state index is -0.493. The van der Waals surface area contributed by atoms with Crippen molar-refractivity contribution in [3.05, 3.63) is 35.3 Å². The van der Waals surface area contributed by atoms with E-state index in [0.717, 1.165) is 6.07 Å². The van der Waals surface area contributed by atoms with E-state index < -0.39 is 12.6 Å². The van der Waals surface area contributed by atoms with Crippen LogP contribution in [-0.2, 0) is 16.0 Å². The van der Waals surface area contributed by atoms with Crippen LogP contribution in [0.15, 0.2) is 24.0 Å². The number of halogens is 1. The molecule has 0 bridgehead atoms. The minimum absolute atomic E-state index is 0.0343. The van der Waals surface area contributed by atoms with Crippen molar-refractivity contribution < 1.29 is 28.9 Å². The molecule has 1 aromatic rings. The summed E-state index contributed by atoms with van der Waals surface area (Å²) in [6.07, 6.45) is 3.36. The molecule has 5 nitrogen and oxygen atoms in total. The molecule has 2 rings (SSSR count). The number of hydrogen-bond acceptors (Lipinski definition) is 5. The Hall–Kier alpha value is -2.08. The molecule has 1 unspecified atom stereocenters. The van der Waals surface area contributed by atoms with Crippen molar-refractivity contribution in [1.29, 1.82) is 0 Å². The zero-order valence-electron chi connectivity index (χ0n) is 14.3. The number of aliphatic hydroxyl groups excluding tert-OH is 1. The summed E-state index contributed by atoms with van der Waals surface area (Å²) in [5.41, 5.74) is 0.374. The summed E-state index contributed by atoms with van der Waals surface area (Å²) in [4.78, 5) is 11.4. The Bertz CT molecular complexity index is 583. The first kappa shape index (κ1) is 20.0. The van der Waals surface area contributed by atoms with Gasteiger partial charge in [0.2, 0.25) is 0 Å². The van der Waals surface area contributed by atoms with Gasteiger partial charge in [-0.15, -0.1) is 0 Å². The van der Waals surface area contributed by atoms with Gasteiger partial charge in [-0.05, 0) is 30.9 Å². The number of aryl methyl sites for hydroxylation is 1. The van der Waals surface area contributed by atoms with E-state index in [2.05, 4.69) is 0 Å². The zero-order chi connectivity index (χ0) is 18.1. The van der Waals surface area contributed by atoms with Crippen LogP contribution in [0.3, 0.4) is 0 Å². The van der Waals surface area contributed by atoms with Gasteiger partial charge in [-0.25, -0.2) is 4.39 Å². The molecular formula is C18H25FO5. The first-order chi connectivity index (χ1) is 11.5. The molecule has 2 N–H and O–H groups in total. The van der Waals surface area contributed by atoms with Crippen molar-refractivity contribution in [2.24, 2.45) is 5.92 Å². The van der Waals surface area contributed by atoms with Crippen LogP contribution in [0.5, 0.6) is 11.5 Å². The number of phenols is 1. The SMILES string of the molecule is CC.COc1cc(F)c(CCC2CCC(=O)C=C2OCO)cc1O. The van der Waals surface area contributed by atoms with Gasteiger partial charge in [0.05, 0.1) is 7.11 Å². The second-order valence-electron chi connectivity index (χ2n) is 5.18. The number of carbonyl (C=O) groups is 1. The van der Waals surface area contributed by atoms with Crippen molar-refractivity contribution >= 4 is 5.78 Å². The van der Waals surface area contributed by atoms with E-state index in [9.17, 15) is 14.3 Å². The number of carbonyl (C=O) groups excluding carboxylic acids is 1. The number of ketones is 1. The molecule has 1 atom stereocenters. The quantitative estimate of drug-likeness (QED) is 0.777. The number of rotatable bonds is 6. The lowest BCUT2D eigenvalue weighted by atomic mass is 9.88. The van der Waals surface area contributed by atoms with E-state index in [4.69, 9.17) is 14.6 Å². The lowest BCUT2D eigenvalue weighted by molar-refractivity contribution is -0.116. The second-order valence-corrected chi connectivity index (χ2v) is 5.18. The van der Waals surface area contributed by atoms with E-state index in [1.165, 1.54) is 19.3 Å². The molecule has 1 aliphatic rings. The Morgan fingerprint density at radius 2 is 2.04 bits per heavy atom. The minimum Gasteiger partial charge on any atom is -0.504 e. The summed E-state index contributed by atoms with van der Waals surface area (Å²) >= 11 is 0. The van der Waals surface area contributed by atoms with Crippen LogP contribution >= 0.6 is 0 Å². The Balaban J connectivity index is 0.00000139. The van der Waals surface area contributed by atoms with Crippen molar-refractivity contribution in [3.63, 3.8) is 0 Å². The van der Waals surface area contributed by atoms with Crippen molar-refractivity contribution in [2.75, 3.05) is 13.9 Å². The third kappa shape index (κ3) is 5.23. The van der Waals surface area contributed by atoms with Crippen LogP contribution in [-0.4, -0.2) is 29.9 Å². The molecule has 0 radical (unpaired) electrons. The average molecular weight is 340 g/mol. The number of aliphatic hydroxyl groups is 1. The summed E-state index contributed by atoms with van der Waals surface area (Å²) in [7, 11) is 1.36. The molecule has 0 fully saturated rings. The van der Waals surface area contributed by atoms with Gasteiger partial charge in [-0.2, -0.15) is 0 Å². The molecule has 0 heterocycles. The van der Waals surface area contributed by atoms with Gasteiger partial charge in [-0.3, -0.25) is 4.79 Å². The van der Waals surface area contributed by atoms with Gasteiger partial charge in [-0.1, -0.05) is 13.8 Å². The molecule has 0 saturated heterocycles. The van der Waals surface area contributed by atoms with E-state index in [1.807, 2.05) is 13.8 Å². The number of methoxy groups -OCH3 is 1. The topological polar surface area (TPSA) is 76.0 Å². The molecule has 6 heteroatoms. The van der Waals surface area contributed by atoms with E-state index in [0.29, 0.717) is 37.0 Å². The molecule has 0 spiro atoms. The summed E-state index contributed by atoms with van der Waals surface area (Å²) in [5, 5.41) is 18.6. The molecule has 0 amide bonds. The summed E-state index contributed by atoms with van der Waals surface area (Å²) in [6, 6.07) is 2.49. The molecule has 134 valence electrons. The second kappa shape index (κ2) is 9.93. The highest BCUT2D eigenvalue weighted by molar-refractivity contribution is 5.90. The largest absolute Gasteiger partial charge is 0.504 e. The lowest BCUT2D eigenvalue weighted by Gasteiger charge is -2.23. The van der Waals surface area contributed by atoms with Crippen molar-refractivity contribution in [3.8, 4) is 11.5 Å². The fourth-order valence-corrected chi connectivity index (χ4v) is 2.60. The van der Waals surface area contributed by atoms with Crippen LogP contribution in [0.1, 0.15) is 38.7 Å². The van der Waals surface area contributed by atoms with Gasteiger partial charge < -0.3 is 19.7 Å². The maximum Gasteiger partial charge on any atom is 0.185 e. The smallest absolute Gasteiger partial charge is 0.185 e. The first-order valence-corrected chi connectivity index (χ1v) is 8.08. The molecular weight excluding hydrogens is 315 g/mol. The Morgan fingerprint density at radius 1 is 1.33 bits per heavy atom. The van der Waals surface area contributed by atoms with Gasteiger partial charge >= 0.3 is 0 Å². The molecule has 1 aromatic carbocycles. The third-order valence-electron chi connectivity index (χ3n) is 3.79. The molecule has 0 aliphatic heterocycles. The summed E-state index contributed by atoms with van der Waals surface area (Å²) < 4.78 is 23.9. The average Bonchev–Trinajstić information content (AvgIpc) is 2.58. The van der Waals surface area contributed by atoms with Crippen LogP contribution in [0, 0.1) is 11.7 Å². The highest BCUT2D eigenvalue weighted by Gasteiger charge is 2.23. The molecule has 24 heavy (non-hydrogen) atoms. The summed E-state index contributed by atoms with van der Waals surface area (Å²) in [6.45, 7) is 3.51. The number of benzene rings is 1. The standard InChI is InChI=1S/C16H19FO5.C2H6/c1-21-16-8-13(17)11(6-14(16)20)3-2-10-4-5-12(19)7-15(10)22-9-18;1-2/h6-8,10,18,20H,2-5,9H2,1H3;1-2H3. The van der Waals surface area contributed by atoms with E-state index in [-0.39, 0.29) is 23.2 Å². The number of allylic oxidation sites excluding steroid dienone is 2. The fraction of sp³-hybridized carbons (Fsp3) is 0.500. The van der Waals surface area contributed by atoms with Gasteiger partial charge in [0, 0.05) is 24.5 Å². The normalized spacial score (nSPS) is 16.8. The van der Waals surface area contributed by atoms with Gasteiger partial charge in [0.15, 0.2) is 24.1 Å². The van der Waals surface area contributed by atoms with E-state index >= 15 is 0 Å². The first-order valence-electron chi connectivity index (χ1n) is 8.08. The number of ether oxygens (including phenoxy) is 2. The highest BCUT2D eigenvalue weighted by atomic mass is 19.1. The predicted octanol–water partition coefficient (Wildman–Crippen LogP) is 3.33. The Kier molecular flexibility index (Phi) is 8.26. The summed E-state index contributed by atoms with van der Waals surface area (Å²) in [5.74, 6) is -0.109. The molecule has 0 aromatic heterocycles. The number of hydrogen-bond donors (Lipinski definition) is 2. The van der Waals surface area contributed by atoms with E-state index in [1.54, 1.807) is 0 Å². The van der Waals surface area contributed by atoms with Crippen molar-refractivity contribution in [1.82, 2.24) is 0 Å². The van der Waals surface area contributed by atoms with Crippen molar-refractivity contribution in [2.45, 2.75) is 39.5 Å². The number of aromatic hydroxyl groups is 1. The number of phenolic OH excluding ortho intramolecular Hbond substituents is 1. The van der Waals surface area contributed by atoms with Gasteiger partial charge in [0.25, 0.3) is 0 Å². The highest BCUT2D eigenvalue weighted by Crippen LogP contribution is 2.32. The van der Waals surface area contributed by atoms with Crippen LogP contribution < -0.4 is 4.74 Å². The monoisotopic (exact) mass is 340 g/mol. The lowest BCUT2D eigenvalue weighted by Crippen LogP contribution is -2.17. The molecule has 0 saturated carbocycles. The fourth-order valence-electron chi connectivity index (χ4n) is 2.60. The predicted molar refractivity (Wildman–Crippen MR) is 88.3 cm³/mol. The van der Waals surface area contributed by atoms with Crippen LogP contribution in [0.4, 0.5) is 4.39 Å². The Labute approximate surface area is 141 Å². The van der Waals surface area contributed by atoms with Gasteiger partial charge in [0.1, 0.15) is 11.6 Å². The van der Waals surface area contributed by atoms with Crippen LogP contribution in [0.2, 0.25) is 0 Å². The molecule has 1 aliphatic carbocycles.